The third-order valence-corrected chi connectivity index (χ3v) is 9.04. The average Bonchev–Trinajstić information content (AvgIpc) is 3.76. The van der Waals surface area contributed by atoms with Crippen molar-refractivity contribution in [3.63, 3.8) is 0 Å². The van der Waals surface area contributed by atoms with Crippen LogP contribution in [0.15, 0.2) is 48.7 Å². The Labute approximate surface area is 282 Å². The van der Waals surface area contributed by atoms with Crippen LogP contribution >= 0.6 is 0 Å². The zero-order valence-electron chi connectivity index (χ0n) is 27.7. The van der Waals surface area contributed by atoms with Crippen LogP contribution in [0.3, 0.4) is 0 Å². The van der Waals surface area contributed by atoms with Gasteiger partial charge in [-0.15, -0.1) is 0 Å². The summed E-state index contributed by atoms with van der Waals surface area (Å²) in [6.45, 7) is 1.54. The summed E-state index contributed by atoms with van der Waals surface area (Å²) in [7, 11) is 5.03. The molecular formula is C35H39FN8O5. The second-order valence-corrected chi connectivity index (χ2v) is 12.7. The van der Waals surface area contributed by atoms with Crippen molar-refractivity contribution in [2.75, 3.05) is 45.8 Å². The maximum absolute atomic E-state index is 14.3. The number of nitrogens with two attached hydrogens (primary N) is 1. The highest BCUT2D eigenvalue weighted by Crippen LogP contribution is 2.38. The minimum atomic E-state index is -1.16. The van der Waals surface area contributed by atoms with Crippen LogP contribution in [0.25, 0.3) is 44.8 Å². The maximum Gasteiger partial charge on any atom is 0.412 e. The third-order valence-electron chi connectivity index (χ3n) is 9.04. The molecule has 13 nitrogen and oxygen atoms in total. The molecule has 1 aliphatic heterocycles. The predicted octanol–water partition coefficient (Wildman–Crippen LogP) is 4.78. The number of aromatic nitrogens is 5. The van der Waals surface area contributed by atoms with Crippen LogP contribution in [0.2, 0.25) is 0 Å². The maximum atomic E-state index is 14.3. The number of aryl methyl sites for hydroxylation is 1. The van der Waals surface area contributed by atoms with Gasteiger partial charge in [0.1, 0.15) is 35.5 Å². The molecule has 14 heteroatoms. The van der Waals surface area contributed by atoms with E-state index in [4.69, 9.17) is 29.9 Å². The standard InChI is InChI=1S/C35H39FN8O5/c1-42-31-27(12-23(14-29(31)48-3)34(45)43-18-24(36)15-25(37)19-43)40-33(42)28-13-21-6-8-26(39-32(21)44(28)17-20-4-5-20)22-7-9-30(38-16-22)41-35(46)49-11-10-47-2/h6-9,12-14,16,20,24-25H,4-5,10-11,15,17-19,37H2,1-3H3,(H,38,41,46)/t24-,25-/m1/s1. The molecule has 1 aromatic carbocycles. The number of amides is 2. The van der Waals surface area contributed by atoms with Gasteiger partial charge in [0.05, 0.1) is 37.2 Å². The van der Waals surface area contributed by atoms with Crippen molar-refractivity contribution in [1.82, 2.24) is 29.0 Å². The molecule has 2 amide bonds. The second-order valence-electron chi connectivity index (χ2n) is 12.7. The van der Waals surface area contributed by atoms with Crippen molar-refractivity contribution in [1.29, 1.82) is 0 Å². The molecule has 1 aliphatic carbocycles. The molecule has 256 valence electrons. The number of benzene rings is 1. The molecule has 5 aromatic rings. The minimum absolute atomic E-state index is 0.0116. The topological polar surface area (TPSA) is 152 Å². The Morgan fingerprint density at radius 2 is 1.90 bits per heavy atom. The lowest BCUT2D eigenvalue weighted by molar-refractivity contribution is 0.0606. The molecule has 3 N–H and O–H groups in total. The summed E-state index contributed by atoms with van der Waals surface area (Å²) < 4.78 is 34.2. The van der Waals surface area contributed by atoms with E-state index < -0.39 is 18.3 Å². The zero-order chi connectivity index (χ0) is 34.2. The van der Waals surface area contributed by atoms with Crippen LogP contribution in [0.1, 0.15) is 29.6 Å². The Bertz CT molecular complexity index is 2010. The molecule has 5 heterocycles. The monoisotopic (exact) mass is 670 g/mol. The lowest BCUT2D eigenvalue weighted by atomic mass is 10.0. The SMILES string of the molecule is COCCOC(=O)Nc1ccc(-c2ccc3cc(-c4nc5cc(C(=O)N6C[C@H](N)C[C@@H](F)C6)cc(OC)c5n4C)n(CC4CC4)c3n2)cn1. The number of hydrogen-bond acceptors (Lipinski definition) is 9. The number of anilines is 1. The Hall–Kier alpha value is -5.08. The van der Waals surface area contributed by atoms with Crippen LogP contribution in [0.5, 0.6) is 5.75 Å². The summed E-state index contributed by atoms with van der Waals surface area (Å²) in [6, 6.07) is 12.6. The number of halogens is 1. The number of likely N-dealkylation sites (tertiary alicyclic amines) is 1. The summed E-state index contributed by atoms with van der Waals surface area (Å²) in [5, 5.41) is 3.57. The van der Waals surface area contributed by atoms with E-state index in [1.54, 1.807) is 31.5 Å². The first kappa shape index (κ1) is 32.5. The van der Waals surface area contributed by atoms with Crippen LogP contribution in [0, 0.1) is 5.92 Å². The van der Waals surface area contributed by atoms with E-state index in [9.17, 15) is 14.0 Å². The number of piperidine rings is 1. The van der Waals surface area contributed by atoms with Gasteiger partial charge < -0.3 is 34.0 Å². The van der Waals surface area contributed by atoms with E-state index in [0.717, 1.165) is 52.9 Å². The number of methoxy groups -OCH3 is 2. The van der Waals surface area contributed by atoms with Crippen molar-refractivity contribution in [2.45, 2.75) is 38.0 Å². The first-order valence-corrected chi connectivity index (χ1v) is 16.4. The number of fused-ring (bicyclic) bond motifs is 2. The number of alkyl halides is 1. The molecule has 2 aliphatic rings. The molecule has 1 saturated carbocycles. The minimum Gasteiger partial charge on any atom is -0.494 e. The molecule has 1 saturated heterocycles. The Balaban J connectivity index is 1.23. The van der Waals surface area contributed by atoms with Crippen molar-refractivity contribution in [2.24, 2.45) is 18.7 Å². The van der Waals surface area contributed by atoms with Crippen molar-refractivity contribution in [3.05, 3.63) is 54.2 Å². The number of pyridine rings is 2. The van der Waals surface area contributed by atoms with Gasteiger partial charge >= 0.3 is 6.09 Å². The average molecular weight is 671 g/mol. The molecule has 7 rings (SSSR count). The highest BCUT2D eigenvalue weighted by atomic mass is 19.1. The quantitative estimate of drug-likeness (QED) is 0.200. The molecule has 0 spiro atoms. The number of hydrogen-bond donors (Lipinski definition) is 2. The zero-order valence-corrected chi connectivity index (χ0v) is 27.7. The summed E-state index contributed by atoms with van der Waals surface area (Å²) in [5.74, 6) is 1.81. The Kier molecular flexibility index (Phi) is 8.90. The number of ether oxygens (including phenoxy) is 3. The van der Waals surface area contributed by atoms with E-state index in [-0.39, 0.29) is 25.5 Å². The fourth-order valence-electron chi connectivity index (χ4n) is 6.44. The number of nitrogens with zero attached hydrogens (tertiary/aromatic N) is 6. The predicted molar refractivity (Wildman–Crippen MR) is 182 cm³/mol. The van der Waals surface area contributed by atoms with Crippen LogP contribution in [-0.4, -0.2) is 93.7 Å². The lowest BCUT2D eigenvalue weighted by Crippen LogP contribution is -2.50. The van der Waals surface area contributed by atoms with Gasteiger partial charge in [0.2, 0.25) is 0 Å². The Morgan fingerprint density at radius 3 is 2.61 bits per heavy atom. The van der Waals surface area contributed by atoms with Gasteiger partial charge in [-0.05, 0) is 67.6 Å². The highest BCUT2D eigenvalue weighted by molar-refractivity contribution is 6.00. The van der Waals surface area contributed by atoms with Crippen LogP contribution in [-0.2, 0) is 23.1 Å². The molecule has 0 radical (unpaired) electrons. The summed E-state index contributed by atoms with van der Waals surface area (Å²) in [4.78, 5) is 41.5. The second kappa shape index (κ2) is 13.4. The molecule has 4 aromatic heterocycles. The smallest absolute Gasteiger partial charge is 0.412 e. The lowest BCUT2D eigenvalue weighted by Gasteiger charge is -2.33. The van der Waals surface area contributed by atoms with Crippen LogP contribution in [0.4, 0.5) is 15.0 Å². The third kappa shape index (κ3) is 6.65. The molecule has 2 fully saturated rings. The van der Waals surface area contributed by atoms with E-state index in [0.29, 0.717) is 47.5 Å². The number of imidazole rings is 1. The summed E-state index contributed by atoms with van der Waals surface area (Å²) in [5.41, 5.74) is 11.0. The van der Waals surface area contributed by atoms with Crippen molar-refractivity contribution < 1.29 is 28.2 Å². The molecule has 0 bridgehead atoms. The van der Waals surface area contributed by atoms with E-state index in [1.165, 1.54) is 12.0 Å². The number of nitrogens with one attached hydrogen (secondary N) is 1. The normalized spacial score (nSPS) is 17.9. The number of rotatable bonds is 10. The van der Waals surface area contributed by atoms with E-state index >= 15 is 0 Å². The van der Waals surface area contributed by atoms with Gasteiger partial charge in [-0.1, -0.05) is 0 Å². The number of carbonyl (C=O) groups excluding carboxylic acids is 2. The number of carbonyl (C=O) groups is 2. The largest absolute Gasteiger partial charge is 0.494 e. The first-order valence-electron chi connectivity index (χ1n) is 16.4. The van der Waals surface area contributed by atoms with Gasteiger partial charge in [0, 0.05) is 56.0 Å². The van der Waals surface area contributed by atoms with Gasteiger partial charge in [0.25, 0.3) is 5.91 Å². The van der Waals surface area contributed by atoms with Gasteiger partial charge in [-0.2, -0.15) is 0 Å². The molecule has 2 atom stereocenters. The molecular weight excluding hydrogens is 631 g/mol. The molecule has 0 unspecified atom stereocenters. The molecule has 49 heavy (non-hydrogen) atoms. The van der Waals surface area contributed by atoms with Gasteiger partial charge in [0.15, 0.2) is 5.82 Å². The van der Waals surface area contributed by atoms with Crippen molar-refractivity contribution in [3.8, 4) is 28.5 Å². The van der Waals surface area contributed by atoms with Crippen molar-refractivity contribution >= 4 is 39.9 Å². The van der Waals surface area contributed by atoms with Gasteiger partial charge in [-0.3, -0.25) is 10.1 Å². The summed E-state index contributed by atoms with van der Waals surface area (Å²) >= 11 is 0. The fourth-order valence-corrected chi connectivity index (χ4v) is 6.44. The van der Waals surface area contributed by atoms with Crippen LogP contribution < -0.4 is 15.8 Å². The fraction of sp³-hybridized carbons (Fsp3) is 0.400. The Morgan fingerprint density at radius 1 is 1.06 bits per heavy atom. The summed E-state index contributed by atoms with van der Waals surface area (Å²) in [6.07, 6.45) is 2.44. The van der Waals surface area contributed by atoms with E-state index in [1.807, 2.05) is 29.8 Å². The van der Waals surface area contributed by atoms with E-state index in [2.05, 4.69) is 20.9 Å². The first-order chi connectivity index (χ1) is 23.7. The highest BCUT2D eigenvalue weighted by Gasteiger charge is 2.30. The van der Waals surface area contributed by atoms with Gasteiger partial charge in [-0.25, -0.2) is 24.1 Å².